The molecule has 1 aromatic heterocycles. The number of nitrogens with one attached hydrogen (secondary N) is 1. The van der Waals surface area contributed by atoms with Gasteiger partial charge in [0, 0.05) is 26.0 Å². The third-order valence-corrected chi connectivity index (χ3v) is 3.67. The maximum absolute atomic E-state index is 12.2. The van der Waals surface area contributed by atoms with Gasteiger partial charge in [0.25, 0.3) is 0 Å². The second kappa shape index (κ2) is 7.45. The summed E-state index contributed by atoms with van der Waals surface area (Å²) in [5.41, 5.74) is 1.98. The monoisotopic (exact) mass is 299 g/mol. The number of amides is 2. The van der Waals surface area contributed by atoms with Gasteiger partial charge in [-0.1, -0.05) is 18.2 Å². The first kappa shape index (κ1) is 15.8. The molecule has 0 spiro atoms. The first-order valence-electron chi connectivity index (χ1n) is 7.26. The lowest BCUT2D eigenvalue weighted by atomic mass is 10.1. The van der Waals surface area contributed by atoms with Crippen molar-refractivity contribution in [1.29, 1.82) is 0 Å². The van der Waals surface area contributed by atoms with Gasteiger partial charge >= 0.3 is 6.03 Å². The molecule has 0 aliphatic heterocycles. The van der Waals surface area contributed by atoms with Gasteiger partial charge in [-0.25, -0.2) is 4.79 Å². The molecule has 2 rings (SSSR count). The number of nitrogens with zero attached hydrogens (tertiary/aromatic N) is 2. The fourth-order valence-electron chi connectivity index (χ4n) is 2.17. The Kier molecular flexibility index (Phi) is 5.36. The lowest BCUT2D eigenvalue weighted by Gasteiger charge is -2.25. The third kappa shape index (κ3) is 4.22. The van der Waals surface area contributed by atoms with E-state index in [1.165, 1.54) is 0 Å². The summed E-state index contributed by atoms with van der Waals surface area (Å²) >= 11 is 0. The van der Waals surface area contributed by atoms with Crippen LogP contribution in [-0.2, 0) is 6.42 Å². The summed E-state index contributed by atoms with van der Waals surface area (Å²) in [5.74, 6) is 0.242. The number of aromatic hydroxyl groups is 1. The van der Waals surface area contributed by atoms with Crippen LogP contribution in [-0.4, -0.2) is 34.6 Å². The molecule has 2 aromatic rings. The van der Waals surface area contributed by atoms with Gasteiger partial charge in [0.1, 0.15) is 5.75 Å². The van der Waals surface area contributed by atoms with Crippen molar-refractivity contribution >= 4 is 6.03 Å². The molecule has 1 atom stereocenters. The number of hydrogen-bond acceptors (Lipinski definition) is 3. The molecular weight excluding hydrogens is 278 g/mol. The Bertz CT molecular complexity index is 616. The van der Waals surface area contributed by atoms with Crippen molar-refractivity contribution in [3.05, 3.63) is 59.9 Å². The highest BCUT2D eigenvalue weighted by atomic mass is 16.3. The highest BCUT2D eigenvalue weighted by Crippen LogP contribution is 2.17. The third-order valence-electron chi connectivity index (χ3n) is 3.67. The molecule has 1 heterocycles. The fourth-order valence-corrected chi connectivity index (χ4v) is 2.17. The number of rotatable bonds is 5. The summed E-state index contributed by atoms with van der Waals surface area (Å²) < 4.78 is 0. The van der Waals surface area contributed by atoms with Crippen LogP contribution in [0.3, 0.4) is 0 Å². The first-order valence-corrected chi connectivity index (χ1v) is 7.26. The number of aromatic nitrogens is 1. The summed E-state index contributed by atoms with van der Waals surface area (Å²) in [6.45, 7) is 2.48. The molecule has 5 heteroatoms. The van der Waals surface area contributed by atoms with Crippen LogP contribution < -0.4 is 5.32 Å². The number of carbonyl (C=O) groups is 1. The molecule has 0 bridgehead atoms. The number of phenolic OH excluding ortho intramolecular Hbond substituents is 1. The molecule has 116 valence electrons. The largest absolute Gasteiger partial charge is 0.508 e. The van der Waals surface area contributed by atoms with Crippen LogP contribution in [0.1, 0.15) is 24.1 Å². The quantitative estimate of drug-likeness (QED) is 0.892. The number of phenols is 1. The Morgan fingerprint density at radius 2 is 2.18 bits per heavy atom. The van der Waals surface area contributed by atoms with Crippen molar-refractivity contribution in [3.63, 3.8) is 0 Å². The van der Waals surface area contributed by atoms with E-state index in [9.17, 15) is 9.90 Å². The van der Waals surface area contributed by atoms with Crippen molar-refractivity contribution < 1.29 is 9.90 Å². The van der Waals surface area contributed by atoms with Crippen LogP contribution in [0, 0.1) is 0 Å². The van der Waals surface area contributed by atoms with Crippen molar-refractivity contribution in [3.8, 4) is 5.75 Å². The van der Waals surface area contributed by atoms with E-state index in [4.69, 9.17) is 0 Å². The number of urea groups is 1. The van der Waals surface area contributed by atoms with Gasteiger partial charge < -0.3 is 15.3 Å². The Morgan fingerprint density at radius 1 is 1.36 bits per heavy atom. The topological polar surface area (TPSA) is 65.5 Å². The van der Waals surface area contributed by atoms with Crippen LogP contribution in [0.25, 0.3) is 0 Å². The zero-order valence-electron chi connectivity index (χ0n) is 12.9. The second-order valence-corrected chi connectivity index (χ2v) is 5.23. The number of hydrogen-bond donors (Lipinski definition) is 2. The number of benzene rings is 1. The Morgan fingerprint density at radius 3 is 2.86 bits per heavy atom. The molecule has 0 fully saturated rings. The van der Waals surface area contributed by atoms with Crippen molar-refractivity contribution in [2.75, 3.05) is 13.6 Å². The molecule has 0 unspecified atom stereocenters. The van der Waals surface area contributed by atoms with E-state index in [0.717, 1.165) is 11.1 Å². The number of carbonyl (C=O) groups excluding carboxylic acids is 1. The molecule has 5 nitrogen and oxygen atoms in total. The lowest BCUT2D eigenvalue weighted by molar-refractivity contribution is 0.194. The van der Waals surface area contributed by atoms with E-state index in [-0.39, 0.29) is 17.8 Å². The van der Waals surface area contributed by atoms with E-state index in [1.54, 1.807) is 42.5 Å². The fraction of sp³-hybridized carbons (Fsp3) is 0.294. The summed E-state index contributed by atoms with van der Waals surface area (Å²) in [7, 11) is 1.77. The van der Waals surface area contributed by atoms with E-state index in [0.29, 0.717) is 13.0 Å². The summed E-state index contributed by atoms with van der Waals surface area (Å²) in [6.07, 6.45) is 4.15. The average molecular weight is 299 g/mol. The zero-order valence-corrected chi connectivity index (χ0v) is 12.9. The standard InChI is InChI=1S/C17H21N3O2/c1-13(15-6-4-9-18-12-15)20(2)17(22)19-10-8-14-5-3-7-16(21)11-14/h3-7,9,11-13,21H,8,10H2,1-2H3,(H,19,22)/t13-/m1/s1. The highest BCUT2D eigenvalue weighted by Gasteiger charge is 2.16. The van der Waals surface area contributed by atoms with E-state index in [1.807, 2.05) is 25.1 Å². The summed E-state index contributed by atoms with van der Waals surface area (Å²) in [6, 6.07) is 10.7. The Hall–Kier alpha value is -2.56. The minimum Gasteiger partial charge on any atom is -0.508 e. The van der Waals surface area contributed by atoms with Gasteiger partial charge in [0.2, 0.25) is 0 Å². The SMILES string of the molecule is C[C@H](c1cccnc1)N(C)C(=O)NCCc1cccc(O)c1. The van der Waals surface area contributed by atoms with Crippen LogP contribution >= 0.6 is 0 Å². The minimum absolute atomic E-state index is 0.0468. The maximum Gasteiger partial charge on any atom is 0.317 e. The number of pyridine rings is 1. The lowest BCUT2D eigenvalue weighted by Crippen LogP contribution is -2.39. The van der Waals surface area contributed by atoms with E-state index >= 15 is 0 Å². The molecule has 2 N–H and O–H groups in total. The maximum atomic E-state index is 12.2. The van der Waals surface area contributed by atoms with Gasteiger partial charge in [-0.3, -0.25) is 4.98 Å². The van der Waals surface area contributed by atoms with E-state index < -0.39 is 0 Å². The molecule has 2 amide bonds. The predicted octanol–water partition coefficient (Wildman–Crippen LogP) is 2.73. The molecule has 0 radical (unpaired) electrons. The Labute approximate surface area is 130 Å². The van der Waals surface area contributed by atoms with Crippen LogP contribution in [0.4, 0.5) is 4.79 Å². The van der Waals surface area contributed by atoms with Crippen LogP contribution in [0.5, 0.6) is 5.75 Å². The minimum atomic E-state index is -0.128. The zero-order chi connectivity index (χ0) is 15.9. The van der Waals surface area contributed by atoms with Crippen molar-refractivity contribution in [2.45, 2.75) is 19.4 Å². The van der Waals surface area contributed by atoms with Gasteiger partial charge in [0.15, 0.2) is 0 Å². The van der Waals surface area contributed by atoms with E-state index in [2.05, 4.69) is 10.3 Å². The van der Waals surface area contributed by atoms with Crippen LogP contribution in [0.2, 0.25) is 0 Å². The van der Waals surface area contributed by atoms with Gasteiger partial charge in [0.05, 0.1) is 6.04 Å². The average Bonchev–Trinajstić information content (AvgIpc) is 2.54. The summed E-state index contributed by atoms with van der Waals surface area (Å²) in [5, 5.41) is 12.3. The first-order chi connectivity index (χ1) is 10.6. The smallest absolute Gasteiger partial charge is 0.317 e. The second-order valence-electron chi connectivity index (χ2n) is 5.23. The Balaban J connectivity index is 1.84. The molecule has 22 heavy (non-hydrogen) atoms. The van der Waals surface area contributed by atoms with Crippen molar-refractivity contribution in [2.24, 2.45) is 0 Å². The highest BCUT2D eigenvalue weighted by molar-refractivity contribution is 5.74. The molecule has 1 aromatic carbocycles. The molecule has 0 saturated heterocycles. The van der Waals surface area contributed by atoms with Crippen LogP contribution in [0.15, 0.2) is 48.8 Å². The van der Waals surface area contributed by atoms with Gasteiger partial charge in [-0.15, -0.1) is 0 Å². The molecule has 0 aliphatic carbocycles. The molecule has 0 saturated carbocycles. The van der Waals surface area contributed by atoms with Gasteiger partial charge in [-0.2, -0.15) is 0 Å². The normalized spacial score (nSPS) is 11.7. The molecular formula is C17H21N3O2. The summed E-state index contributed by atoms with van der Waals surface area (Å²) in [4.78, 5) is 17.9. The van der Waals surface area contributed by atoms with Crippen molar-refractivity contribution in [1.82, 2.24) is 15.2 Å². The molecule has 0 aliphatic rings. The predicted molar refractivity (Wildman–Crippen MR) is 85.6 cm³/mol. The van der Waals surface area contributed by atoms with Gasteiger partial charge in [-0.05, 0) is 42.7 Å².